The summed E-state index contributed by atoms with van der Waals surface area (Å²) in [5.41, 5.74) is 0.716. The molecule has 136 valence electrons. The number of rotatable bonds is 7. The van der Waals surface area contributed by atoms with Gasteiger partial charge in [-0.2, -0.15) is 0 Å². The van der Waals surface area contributed by atoms with Crippen molar-refractivity contribution in [1.82, 2.24) is 10.2 Å². The number of carbonyl (C=O) groups excluding carboxylic acids is 1. The normalized spacial score (nSPS) is 15.6. The Bertz CT molecular complexity index is 566. The number of amides is 1. The standard InChI is InChI=1S/C20H28N2O3/c1-3-24-19(25-4-2)11-8-14-22-15-12-18(13-16-22)21-20(23)17-9-6-5-7-10-17/h5-7,9-10,18-19H,3-4,12-16H2,1-2H3,(H,21,23). The molecule has 5 heteroatoms. The van der Waals surface area contributed by atoms with Gasteiger partial charge >= 0.3 is 0 Å². The van der Waals surface area contributed by atoms with Crippen LogP contribution in [-0.4, -0.2) is 56.0 Å². The summed E-state index contributed by atoms with van der Waals surface area (Å²) in [5, 5.41) is 3.12. The topological polar surface area (TPSA) is 50.8 Å². The highest BCUT2D eigenvalue weighted by Crippen LogP contribution is 2.11. The van der Waals surface area contributed by atoms with E-state index in [2.05, 4.69) is 22.1 Å². The van der Waals surface area contributed by atoms with E-state index in [4.69, 9.17) is 9.47 Å². The number of piperidine rings is 1. The van der Waals surface area contributed by atoms with Crippen molar-refractivity contribution in [3.05, 3.63) is 35.9 Å². The zero-order valence-corrected chi connectivity index (χ0v) is 15.2. The molecule has 1 fully saturated rings. The summed E-state index contributed by atoms with van der Waals surface area (Å²) in [6, 6.07) is 9.59. The Labute approximate surface area is 150 Å². The van der Waals surface area contributed by atoms with Crippen molar-refractivity contribution >= 4 is 5.91 Å². The largest absolute Gasteiger partial charge is 0.349 e. The number of ether oxygens (including phenoxy) is 2. The quantitative estimate of drug-likeness (QED) is 0.609. The molecule has 1 heterocycles. The number of hydrogen-bond donors (Lipinski definition) is 1. The van der Waals surface area contributed by atoms with Crippen LogP contribution in [0.3, 0.4) is 0 Å². The average molecular weight is 344 g/mol. The van der Waals surface area contributed by atoms with Gasteiger partial charge in [0.15, 0.2) is 0 Å². The van der Waals surface area contributed by atoms with Crippen molar-refractivity contribution in [2.75, 3.05) is 32.8 Å². The van der Waals surface area contributed by atoms with Crippen molar-refractivity contribution < 1.29 is 14.3 Å². The fourth-order valence-electron chi connectivity index (χ4n) is 2.77. The van der Waals surface area contributed by atoms with E-state index >= 15 is 0 Å². The molecule has 0 bridgehead atoms. The molecule has 0 radical (unpaired) electrons. The lowest BCUT2D eigenvalue weighted by atomic mass is 10.0. The van der Waals surface area contributed by atoms with E-state index in [0.29, 0.717) is 25.3 Å². The Morgan fingerprint density at radius 3 is 2.44 bits per heavy atom. The first-order valence-electron chi connectivity index (χ1n) is 9.02. The van der Waals surface area contributed by atoms with Crippen molar-refractivity contribution in [1.29, 1.82) is 0 Å². The summed E-state index contributed by atoms with van der Waals surface area (Å²) in [6.07, 6.45) is 1.46. The maximum absolute atomic E-state index is 12.2. The molecular weight excluding hydrogens is 316 g/mol. The molecule has 0 atom stereocenters. The smallest absolute Gasteiger partial charge is 0.251 e. The predicted octanol–water partition coefficient (Wildman–Crippen LogP) is 2.28. The van der Waals surface area contributed by atoms with E-state index in [-0.39, 0.29) is 11.9 Å². The number of nitrogens with zero attached hydrogens (tertiary/aromatic N) is 1. The molecule has 1 aromatic carbocycles. The van der Waals surface area contributed by atoms with Gasteiger partial charge in [-0.25, -0.2) is 0 Å². The highest BCUT2D eigenvalue weighted by molar-refractivity contribution is 5.94. The summed E-state index contributed by atoms with van der Waals surface area (Å²) in [6.45, 7) is 7.61. The summed E-state index contributed by atoms with van der Waals surface area (Å²) in [4.78, 5) is 14.5. The molecule has 5 nitrogen and oxygen atoms in total. The van der Waals surface area contributed by atoms with E-state index in [0.717, 1.165) is 25.9 Å². The van der Waals surface area contributed by atoms with E-state index in [1.807, 2.05) is 44.2 Å². The van der Waals surface area contributed by atoms with Crippen LogP contribution in [-0.2, 0) is 9.47 Å². The minimum Gasteiger partial charge on any atom is -0.349 e. The van der Waals surface area contributed by atoms with Gasteiger partial charge in [0.25, 0.3) is 5.91 Å². The lowest BCUT2D eigenvalue weighted by Crippen LogP contribution is -2.44. The second-order valence-electron chi connectivity index (χ2n) is 5.95. The minimum absolute atomic E-state index is 0.00936. The lowest BCUT2D eigenvalue weighted by molar-refractivity contribution is -0.0970. The average Bonchev–Trinajstić information content (AvgIpc) is 2.64. The predicted molar refractivity (Wildman–Crippen MR) is 98.2 cm³/mol. The van der Waals surface area contributed by atoms with Gasteiger partial charge in [-0.05, 0) is 44.7 Å². The molecule has 1 aliphatic heterocycles. The van der Waals surface area contributed by atoms with Crippen LogP contribution < -0.4 is 5.32 Å². The molecule has 25 heavy (non-hydrogen) atoms. The van der Waals surface area contributed by atoms with Crippen molar-refractivity contribution in [3.63, 3.8) is 0 Å². The minimum atomic E-state index is -0.433. The zero-order valence-electron chi connectivity index (χ0n) is 15.2. The van der Waals surface area contributed by atoms with Crippen molar-refractivity contribution in [2.45, 2.75) is 39.0 Å². The number of hydrogen-bond acceptors (Lipinski definition) is 4. The molecule has 1 saturated heterocycles. The first-order valence-corrected chi connectivity index (χ1v) is 9.02. The Balaban J connectivity index is 1.72. The number of likely N-dealkylation sites (tertiary alicyclic amines) is 1. The van der Waals surface area contributed by atoms with E-state index in [9.17, 15) is 4.79 Å². The maximum Gasteiger partial charge on any atom is 0.251 e. The molecule has 0 saturated carbocycles. The third kappa shape index (κ3) is 6.87. The Hall–Kier alpha value is -1.87. The third-order valence-electron chi connectivity index (χ3n) is 4.12. The SMILES string of the molecule is CCOC(C#CCN1CCC(NC(=O)c2ccccc2)CC1)OCC. The van der Waals surface area contributed by atoms with Crippen LogP contribution in [0.1, 0.15) is 37.0 Å². The Morgan fingerprint density at radius 2 is 1.84 bits per heavy atom. The first-order chi connectivity index (χ1) is 12.2. The fourth-order valence-corrected chi connectivity index (χ4v) is 2.77. The van der Waals surface area contributed by atoms with Gasteiger partial charge in [0.2, 0.25) is 6.29 Å². The van der Waals surface area contributed by atoms with Gasteiger partial charge in [0.1, 0.15) is 0 Å². The molecule has 1 aliphatic rings. The summed E-state index contributed by atoms with van der Waals surface area (Å²) in [5.74, 6) is 6.18. The molecule has 1 aromatic rings. The molecule has 0 unspecified atom stereocenters. The Kier molecular flexibility index (Phi) is 8.47. The van der Waals surface area contributed by atoms with Gasteiger partial charge in [-0.3, -0.25) is 9.69 Å². The fraction of sp³-hybridized carbons (Fsp3) is 0.550. The molecule has 1 N–H and O–H groups in total. The molecule has 0 spiro atoms. The van der Waals surface area contributed by atoms with Crippen LogP contribution in [0.25, 0.3) is 0 Å². The number of carbonyl (C=O) groups is 1. The monoisotopic (exact) mass is 344 g/mol. The first kappa shape index (κ1) is 19.5. The van der Waals surface area contributed by atoms with Crippen LogP contribution in [0.5, 0.6) is 0 Å². The molecule has 2 rings (SSSR count). The number of benzene rings is 1. The summed E-state index contributed by atoms with van der Waals surface area (Å²) >= 11 is 0. The van der Waals surface area contributed by atoms with Crippen LogP contribution in [0, 0.1) is 11.8 Å². The second-order valence-corrected chi connectivity index (χ2v) is 5.95. The third-order valence-corrected chi connectivity index (χ3v) is 4.12. The van der Waals surface area contributed by atoms with Gasteiger partial charge in [0, 0.05) is 37.9 Å². The molecular formula is C20H28N2O3. The van der Waals surface area contributed by atoms with E-state index in [1.165, 1.54) is 0 Å². The molecule has 0 aromatic heterocycles. The van der Waals surface area contributed by atoms with Gasteiger partial charge in [-0.15, -0.1) is 0 Å². The van der Waals surface area contributed by atoms with Crippen molar-refractivity contribution in [3.8, 4) is 11.8 Å². The zero-order chi connectivity index (χ0) is 17.9. The van der Waals surface area contributed by atoms with Gasteiger partial charge in [0.05, 0.1) is 6.54 Å². The van der Waals surface area contributed by atoms with Gasteiger partial charge in [-0.1, -0.05) is 24.1 Å². The highest BCUT2D eigenvalue weighted by atomic mass is 16.7. The lowest BCUT2D eigenvalue weighted by Gasteiger charge is -2.31. The molecule has 0 aliphatic carbocycles. The van der Waals surface area contributed by atoms with E-state index < -0.39 is 6.29 Å². The van der Waals surface area contributed by atoms with Crippen LogP contribution in [0.2, 0.25) is 0 Å². The highest BCUT2D eigenvalue weighted by Gasteiger charge is 2.20. The Morgan fingerprint density at radius 1 is 1.20 bits per heavy atom. The number of nitrogens with one attached hydrogen (secondary N) is 1. The maximum atomic E-state index is 12.2. The second kappa shape index (κ2) is 10.9. The van der Waals surface area contributed by atoms with Crippen LogP contribution in [0.15, 0.2) is 30.3 Å². The molecule has 1 amide bonds. The summed E-state index contributed by atoms with van der Waals surface area (Å²) < 4.78 is 10.8. The van der Waals surface area contributed by atoms with Crippen LogP contribution in [0.4, 0.5) is 0 Å². The van der Waals surface area contributed by atoms with Gasteiger partial charge < -0.3 is 14.8 Å². The summed E-state index contributed by atoms with van der Waals surface area (Å²) in [7, 11) is 0. The van der Waals surface area contributed by atoms with Crippen molar-refractivity contribution in [2.24, 2.45) is 0 Å². The van der Waals surface area contributed by atoms with E-state index in [1.54, 1.807) is 0 Å². The van der Waals surface area contributed by atoms with Crippen LogP contribution >= 0.6 is 0 Å².